The van der Waals surface area contributed by atoms with E-state index in [0.29, 0.717) is 30.2 Å². The maximum absolute atomic E-state index is 14.7. The molecule has 2 aliphatic rings. The standard InChI is InChI=1S/C22H24FN3O2S2/c1-13(27)30-19-8-9-26(11-15(19)10-16-12-29-22(24)25-16)20(21(28)14-6-7-14)17-4-2-3-5-18(17)23/h2-5,10,12,14,19-20H,6-9,11H2,1H3,(H2,24,25). The van der Waals surface area contributed by atoms with Crippen LogP contribution in [0.5, 0.6) is 0 Å². The number of nitrogens with two attached hydrogens (primary N) is 1. The van der Waals surface area contributed by atoms with Gasteiger partial charge in [-0.2, -0.15) is 0 Å². The largest absolute Gasteiger partial charge is 0.375 e. The molecule has 5 nitrogen and oxygen atoms in total. The predicted molar refractivity (Wildman–Crippen MR) is 120 cm³/mol. The molecule has 0 amide bonds. The van der Waals surface area contributed by atoms with E-state index in [4.69, 9.17) is 5.73 Å². The normalized spacial score (nSPS) is 22.2. The minimum Gasteiger partial charge on any atom is -0.375 e. The number of hydrogen-bond acceptors (Lipinski definition) is 7. The van der Waals surface area contributed by atoms with Crippen molar-refractivity contribution in [1.29, 1.82) is 0 Å². The quantitative estimate of drug-likeness (QED) is 0.714. The fourth-order valence-corrected chi connectivity index (χ4v) is 5.39. The maximum Gasteiger partial charge on any atom is 0.186 e. The Labute approximate surface area is 183 Å². The summed E-state index contributed by atoms with van der Waals surface area (Å²) < 4.78 is 14.7. The van der Waals surface area contributed by atoms with Crippen LogP contribution in [0.1, 0.15) is 43.5 Å². The Morgan fingerprint density at radius 3 is 2.73 bits per heavy atom. The number of nitrogens with zero attached hydrogens (tertiary/aromatic N) is 2. The van der Waals surface area contributed by atoms with E-state index in [1.165, 1.54) is 29.2 Å². The molecule has 0 bridgehead atoms. The van der Waals surface area contributed by atoms with E-state index in [2.05, 4.69) is 9.88 Å². The minimum atomic E-state index is -0.606. The van der Waals surface area contributed by atoms with Gasteiger partial charge in [-0.1, -0.05) is 30.0 Å². The zero-order valence-electron chi connectivity index (χ0n) is 16.7. The molecule has 1 aromatic heterocycles. The second-order valence-electron chi connectivity index (χ2n) is 7.79. The summed E-state index contributed by atoms with van der Waals surface area (Å²) in [4.78, 5) is 31.3. The Kier molecular flexibility index (Phi) is 6.36. The molecule has 30 heavy (non-hydrogen) atoms. The van der Waals surface area contributed by atoms with Crippen LogP contribution in [0.4, 0.5) is 9.52 Å². The lowest BCUT2D eigenvalue weighted by molar-refractivity contribution is -0.126. The van der Waals surface area contributed by atoms with E-state index >= 15 is 0 Å². The molecule has 0 spiro atoms. The highest BCUT2D eigenvalue weighted by atomic mass is 32.2. The smallest absolute Gasteiger partial charge is 0.186 e. The van der Waals surface area contributed by atoms with Gasteiger partial charge in [0.2, 0.25) is 0 Å². The van der Waals surface area contributed by atoms with Gasteiger partial charge in [0.15, 0.2) is 16.0 Å². The van der Waals surface area contributed by atoms with Gasteiger partial charge in [0.05, 0.1) is 11.7 Å². The van der Waals surface area contributed by atoms with E-state index in [-0.39, 0.29) is 27.9 Å². The predicted octanol–water partition coefficient (Wildman–Crippen LogP) is 4.32. The summed E-state index contributed by atoms with van der Waals surface area (Å²) in [6.07, 6.45) is 4.42. The van der Waals surface area contributed by atoms with Gasteiger partial charge >= 0.3 is 0 Å². The van der Waals surface area contributed by atoms with Crippen molar-refractivity contribution in [3.8, 4) is 0 Å². The first-order chi connectivity index (χ1) is 14.4. The van der Waals surface area contributed by atoms with Crippen LogP contribution < -0.4 is 5.73 Å². The van der Waals surface area contributed by atoms with Gasteiger partial charge in [0, 0.05) is 42.1 Å². The summed E-state index contributed by atoms with van der Waals surface area (Å²) in [6.45, 7) is 2.67. The number of piperidine rings is 1. The number of thioether (sulfide) groups is 1. The topological polar surface area (TPSA) is 76.3 Å². The number of Topliss-reactive ketones (excluding diaryl/α,β-unsaturated/α-hetero) is 1. The van der Waals surface area contributed by atoms with Crippen LogP contribution in [0.25, 0.3) is 6.08 Å². The Morgan fingerprint density at radius 1 is 1.33 bits per heavy atom. The summed E-state index contributed by atoms with van der Waals surface area (Å²) in [5.41, 5.74) is 7.96. The second-order valence-corrected chi connectivity index (χ2v) is 10.1. The average molecular weight is 446 g/mol. The Hall–Kier alpha value is -2.03. The highest BCUT2D eigenvalue weighted by molar-refractivity contribution is 8.14. The Bertz CT molecular complexity index is 986. The van der Waals surface area contributed by atoms with E-state index in [1.807, 2.05) is 11.5 Å². The number of thiazole rings is 1. The molecule has 1 aromatic carbocycles. The van der Waals surface area contributed by atoms with Crippen LogP contribution in [0.3, 0.4) is 0 Å². The minimum absolute atomic E-state index is 0.0129. The number of halogens is 1. The molecule has 2 N–H and O–H groups in total. The number of anilines is 1. The van der Waals surface area contributed by atoms with Crippen molar-refractivity contribution in [3.05, 3.63) is 52.3 Å². The van der Waals surface area contributed by atoms with Crippen molar-refractivity contribution in [2.75, 3.05) is 18.8 Å². The van der Waals surface area contributed by atoms with Gasteiger partial charge in [0.1, 0.15) is 5.82 Å². The molecule has 2 heterocycles. The summed E-state index contributed by atoms with van der Waals surface area (Å²) in [7, 11) is 0. The summed E-state index contributed by atoms with van der Waals surface area (Å²) in [6, 6.07) is 5.94. The van der Waals surface area contributed by atoms with Crippen molar-refractivity contribution in [3.63, 3.8) is 0 Å². The SMILES string of the molecule is CC(=O)SC1CCN(C(C(=O)C2CC2)c2ccccc2F)CC1=Cc1csc(N)n1. The van der Waals surface area contributed by atoms with Crippen molar-refractivity contribution in [2.45, 2.75) is 37.5 Å². The van der Waals surface area contributed by atoms with Crippen molar-refractivity contribution in [2.24, 2.45) is 5.92 Å². The number of benzene rings is 1. The molecule has 1 saturated carbocycles. The highest BCUT2D eigenvalue weighted by Crippen LogP contribution is 2.40. The first-order valence-electron chi connectivity index (χ1n) is 10.0. The lowest BCUT2D eigenvalue weighted by atomic mass is 9.93. The number of carbonyl (C=O) groups excluding carboxylic acids is 2. The third-order valence-corrected chi connectivity index (χ3v) is 7.32. The number of likely N-dealkylation sites (tertiary alicyclic amines) is 1. The number of hydrogen-bond donors (Lipinski definition) is 1. The molecule has 8 heteroatoms. The molecule has 2 atom stereocenters. The first-order valence-corrected chi connectivity index (χ1v) is 11.8. The van der Waals surface area contributed by atoms with E-state index < -0.39 is 6.04 Å². The van der Waals surface area contributed by atoms with Crippen LogP contribution in [-0.4, -0.2) is 39.1 Å². The third kappa shape index (κ3) is 4.82. The fraction of sp³-hybridized carbons (Fsp3) is 0.409. The second kappa shape index (κ2) is 8.99. The van der Waals surface area contributed by atoms with Crippen LogP contribution in [0, 0.1) is 11.7 Å². The van der Waals surface area contributed by atoms with Crippen LogP contribution in [0.15, 0.2) is 35.2 Å². The van der Waals surface area contributed by atoms with Crippen molar-refractivity contribution in [1.82, 2.24) is 9.88 Å². The molecule has 158 valence electrons. The Morgan fingerprint density at radius 2 is 2.10 bits per heavy atom. The lowest BCUT2D eigenvalue weighted by Gasteiger charge is -2.38. The average Bonchev–Trinajstić information content (AvgIpc) is 3.47. The van der Waals surface area contributed by atoms with E-state index in [9.17, 15) is 14.0 Å². The molecule has 2 aromatic rings. The van der Waals surface area contributed by atoms with Gasteiger partial charge in [-0.05, 0) is 37.0 Å². The molecular weight excluding hydrogens is 421 g/mol. The Balaban J connectivity index is 1.66. The third-order valence-electron chi connectivity index (χ3n) is 5.47. The zero-order valence-corrected chi connectivity index (χ0v) is 18.3. The highest BCUT2D eigenvalue weighted by Gasteiger charge is 2.41. The zero-order chi connectivity index (χ0) is 21.3. The van der Waals surface area contributed by atoms with Gasteiger partial charge < -0.3 is 5.73 Å². The molecule has 2 unspecified atom stereocenters. The van der Waals surface area contributed by atoms with Crippen LogP contribution in [0.2, 0.25) is 0 Å². The molecular formula is C22H24FN3O2S2. The van der Waals surface area contributed by atoms with Gasteiger partial charge in [-0.3, -0.25) is 14.5 Å². The number of aromatic nitrogens is 1. The maximum atomic E-state index is 14.7. The number of carbonyl (C=O) groups is 2. The summed E-state index contributed by atoms with van der Waals surface area (Å²) in [5, 5.41) is 2.43. The number of ketones is 1. The van der Waals surface area contributed by atoms with Crippen LogP contribution in [-0.2, 0) is 9.59 Å². The summed E-state index contributed by atoms with van der Waals surface area (Å²) in [5.74, 6) is -0.241. The molecule has 2 fully saturated rings. The number of nitrogen functional groups attached to an aromatic ring is 1. The number of rotatable bonds is 6. The monoisotopic (exact) mass is 445 g/mol. The molecule has 1 aliphatic heterocycles. The van der Waals surface area contributed by atoms with Crippen molar-refractivity contribution < 1.29 is 14.0 Å². The van der Waals surface area contributed by atoms with Crippen molar-refractivity contribution >= 4 is 45.2 Å². The first kappa shape index (κ1) is 21.2. The van der Waals surface area contributed by atoms with Gasteiger partial charge in [-0.25, -0.2) is 9.37 Å². The molecule has 1 aliphatic carbocycles. The van der Waals surface area contributed by atoms with Crippen LogP contribution >= 0.6 is 23.1 Å². The van der Waals surface area contributed by atoms with Gasteiger partial charge in [0.25, 0.3) is 0 Å². The fourth-order valence-electron chi connectivity index (χ4n) is 3.95. The van der Waals surface area contributed by atoms with E-state index in [1.54, 1.807) is 25.1 Å². The lowest BCUT2D eigenvalue weighted by Crippen LogP contribution is -2.43. The summed E-state index contributed by atoms with van der Waals surface area (Å²) >= 11 is 2.66. The van der Waals surface area contributed by atoms with E-state index in [0.717, 1.165) is 24.1 Å². The molecule has 4 rings (SSSR count). The molecule has 0 radical (unpaired) electrons. The molecule has 1 saturated heterocycles. The van der Waals surface area contributed by atoms with Gasteiger partial charge in [-0.15, -0.1) is 11.3 Å².